The number of nitrogens with zero attached hydrogens (tertiary/aromatic N) is 1. The average Bonchev–Trinajstić information content (AvgIpc) is 2.39. The third-order valence-electron chi connectivity index (χ3n) is 3.21. The van der Waals surface area contributed by atoms with Gasteiger partial charge in [0.15, 0.2) is 0 Å². The van der Waals surface area contributed by atoms with Crippen LogP contribution in [0.2, 0.25) is 0 Å². The number of allylic oxidation sites excluding steroid dienone is 1. The summed E-state index contributed by atoms with van der Waals surface area (Å²) in [5.41, 5.74) is 5.11. The Hall–Kier alpha value is -1.54. The van der Waals surface area contributed by atoms with Crippen molar-refractivity contribution in [2.24, 2.45) is 0 Å². The third kappa shape index (κ3) is 2.08. The number of benzene rings is 2. The zero-order valence-electron chi connectivity index (χ0n) is 10.2. The summed E-state index contributed by atoms with van der Waals surface area (Å²) in [5, 5.41) is 0. The van der Waals surface area contributed by atoms with Gasteiger partial charge >= 0.3 is 0 Å². The van der Waals surface area contributed by atoms with Gasteiger partial charge in [-0.1, -0.05) is 45.8 Å². The maximum absolute atomic E-state index is 3.55. The van der Waals surface area contributed by atoms with E-state index in [0.717, 1.165) is 10.9 Å². The first kappa shape index (κ1) is 11.5. The fourth-order valence-electron chi connectivity index (χ4n) is 2.23. The van der Waals surface area contributed by atoms with Gasteiger partial charge < -0.3 is 4.90 Å². The second-order valence-electron chi connectivity index (χ2n) is 4.57. The minimum atomic E-state index is 1.00. The number of rotatable bonds is 1. The Morgan fingerprint density at radius 3 is 2.61 bits per heavy atom. The van der Waals surface area contributed by atoms with Crippen molar-refractivity contribution in [3.8, 4) is 0 Å². The van der Waals surface area contributed by atoms with Crippen molar-refractivity contribution >= 4 is 27.3 Å². The lowest BCUT2D eigenvalue weighted by Gasteiger charge is -2.27. The van der Waals surface area contributed by atoms with Crippen molar-refractivity contribution in [2.75, 3.05) is 4.90 Å². The van der Waals surface area contributed by atoms with E-state index in [2.05, 4.69) is 82.5 Å². The van der Waals surface area contributed by atoms with Crippen LogP contribution in [0.4, 0.5) is 11.4 Å². The summed E-state index contributed by atoms with van der Waals surface area (Å²) in [6.07, 6.45) is 5.36. The largest absolute Gasteiger partial charge is 0.317 e. The number of aryl methyl sites for hydroxylation is 1. The highest BCUT2D eigenvalue weighted by Gasteiger charge is 2.14. The predicted molar refractivity (Wildman–Crippen MR) is 80.3 cm³/mol. The van der Waals surface area contributed by atoms with E-state index in [1.54, 1.807) is 0 Å². The Bertz CT molecular complexity index is 599. The molecule has 2 aromatic carbocycles. The van der Waals surface area contributed by atoms with Crippen molar-refractivity contribution in [1.82, 2.24) is 0 Å². The Morgan fingerprint density at radius 1 is 1.06 bits per heavy atom. The summed E-state index contributed by atoms with van der Waals surface area (Å²) in [5.74, 6) is 0. The van der Waals surface area contributed by atoms with E-state index in [1.165, 1.54) is 22.5 Å². The van der Waals surface area contributed by atoms with E-state index in [4.69, 9.17) is 0 Å². The quantitative estimate of drug-likeness (QED) is 0.719. The van der Waals surface area contributed by atoms with Gasteiger partial charge in [0.25, 0.3) is 0 Å². The van der Waals surface area contributed by atoms with Gasteiger partial charge in [-0.2, -0.15) is 0 Å². The Balaban J connectivity index is 2.08. The minimum absolute atomic E-state index is 1.00. The molecular formula is C16H14BrN. The molecule has 0 atom stereocenters. The van der Waals surface area contributed by atoms with Gasteiger partial charge in [0.05, 0.1) is 5.69 Å². The predicted octanol–water partition coefficient (Wildman–Crippen LogP) is 4.97. The molecule has 1 heterocycles. The molecule has 0 saturated carbocycles. The zero-order chi connectivity index (χ0) is 12.5. The minimum Gasteiger partial charge on any atom is -0.317 e. The summed E-state index contributed by atoms with van der Waals surface area (Å²) >= 11 is 3.55. The molecule has 0 N–H and O–H groups in total. The van der Waals surface area contributed by atoms with Crippen molar-refractivity contribution in [2.45, 2.75) is 13.3 Å². The van der Waals surface area contributed by atoms with Gasteiger partial charge in [0.1, 0.15) is 0 Å². The Kier molecular flexibility index (Phi) is 2.96. The first-order chi connectivity index (χ1) is 8.74. The van der Waals surface area contributed by atoms with Crippen LogP contribution in [0.3, 0.4) is 0 Å². The SMILES string of the molecule is Cc1ccc(N2C=CCc3ccc(Br)cc32)cc1. The molecule has 90 valence electrons. The third-order valence-corrected chi connectivity index (χ3v) is 3.70. The van der Waals surface area contributed by atoms with Crippen LogP contribution in [0.15, 0.2) is 59.2 Å². The molecule has 2 aromatic rings. The van der Waals surface area contributed by atoms with Gasteiger partial charge in [-0.15, -0.1) is 0 Å². The molecule has 18 heavy (non-hydrogen) atoms. The molecule has 1 aliphatic rings. The van der Waals surface area contributed by atoms with Gasteiger partial charge in [0.2, 0.25) is 0 Å². The van der Waals surface area contributed by atoms with Crippen LogP contribution in [0.1, 0.15) is 11.1 Å². The van der Waals surface area contributed by atoms with E-state index >= 15 is 0 Å². The zero-order valence-corrected chi connectivity index (χ0v) is 11.8. The summed E-state index contributed by atoms with van der Waals surface area (Å²) in [7, 11) is 0. The van der Waals surface area contributed by atoms with Crippen molar-refractivity contribution in [3.63, 3.8) is 0 Å². The highest BCUT2D eigenvalue weighted by molar-refractivity contribution is 9.10. The van der Waals surface area contributed by atoms with Crippen molar-refractivity contribution < 1.29 is 0 Å². The molecule has 2 heteroatoms. The van der Waals surface area contributed by atoms with E-state index in [1.807, 2.05) is 0 Å². The maximum atomic E-state index is 3.55. The number of fused-ring (bicyclic) bond motifs is 1. The van der Waals surface area contributed by atoms with Gasteiger partial charge in [-0.3, -0.25) is 0 Å². The van der Waals surface area contributed by atoms with Gasteiger partial charge in [-0.05, 0) is 43.2 Å². The fraction of sp³-hybridized carbons (Fsp3) is 0.125. The van der Waals surface area contributed by atoms with E-state index in [9.17, 15) is 0 Å². The molecular weight excluding hydrogens is 286 g/mol. The number of halogens is 1. The second kappa shape index (κ2) is 4.62. The normalized spacial score (nSPS) is 13.6. The molecule has 0 radical (unpaired) electrons. The molecule has 0 bridgehead atoms. The average molecular weight is 300 g/mol. The molecule has 0 saturated heterocycles. The van der Waals surface area contributed by atoms with Crippen LogP contribution in [0.5, 0.6) is 0 Å². The molecule has 0 aromatic heterocycles. The monoisotopic (exact) mass is 299 g/mol. The van der Waals surface area contributed by atoms with Crippen LogP contribution in [-0.2, 0) is 6.42 Å². The van der Waals surface area contributed by atoms with Crippen LogP contribution in [-0.4, -0.2) is 0 Å². The Morgan fingerprint density at radius 2 is 1.83 bits per heavy atom. The first-order valence-corrected chi connectivity index (χ1v) is 6.84. The van der Waals surface area contributed by atoms with Crippen LogP contribution in [0, 0.1) is 6.92 Å². The highest BCUT2D eigenvalue weighted by Crippen LogP contribution is 2.34. The van der Waals surface area contributed by atoms with Gasteiger partial charge in [-0.25, -0.2) is 0 Å². The van der Waals surface area contributed by atoms with Crippen molar-refractivity contribution in [1.29, 1.82) is 0 Å². The van der Waals surface area contributed by atoms with Crippen LogP contribution in [0.25, 0.3) is 0 Å². The standard InChI is InChI=1S/C16H14BrN/c1-12-4-8-15(9-5-12)18-10-2-3-13-6-7-14(17)11-16(13)18/h2,4-11H,3H2,1H3. The molecule has 1 aliphatic heterocycles. The molecule has 0 amide bonds. The maximum Gasteiger partial charge on any atom is 0.0501 e. The number of hydrogen-bond donors (Lipinski definition) is 0. The molecule has 1 nitrogen and oxygen atoms in total. The van der Waals surface area contributed by atoms with E-state index in [-0.39, 0.29) is 0 Å². The van der Waals surface area contributed by atoms with Crippen LogP contribution < -0.4 is 4.90 Å². The lowest BCUT2D eigenvalue weighted by Crippen LogP contribution is -2.14. The second-order valence-corrected chi connectivity index (χ2v) is 5.48. The number of hydrogen-bond acceptors (Lipinski definition) is 1. The smallest absolute Gasteiger partial charge is 0.0501 e. The molecule has 0 aliphatic carbocycles. The summed E-state index contributed by atoms with van der Waals surface area (Å²) in [6.45, 7) is 2.11. The molecule has 0 unspecified atom stereocenters. The summed E-state index contributed by atoms with van der Waals surface area (Å²) in [6, 6.07) is 15.1. The van der Waals surface area contributed by atoms with E-state index < -0.39 is 0 Å². The summed E-state index contributed by atoms with van der Waals surface area (Å²) in [4.78, 5) is 2.24. The van der Waals surface area contributed by atoms with Gasteiger partial charge in [0, 0.05) is 16.4 Å². The topological polar surface area (TPSA) is 3.24 Å². The lowest BCUT2D eigenvalue weighted by atomic mass is 10.0. The van der Waals surface area contributed by atoms with Crippen LogP contribution >= 0.6 is 15.9 Å². The fourth-order valence-corrected chi connectivity index (χ4v) is 2.58. The number of anilines is 2. The molecule has 0 spiro atoms. The highest BCUT2D eigenvalue weighted by atomic mass is 79.9. The molecule has 3 rings (SSSR count). The first-order valence-electron chi connectivity index (χ1n) is 6.05. The van der Waals surface area contributed by atoms with E-state index in [0.29, 0.717) is 0 Å². The summed E-state index contributed by atoms with van der Waals surface area (Å²) < 4.78 is 1.12. The Labute approximate surface area is 116 Å². The van der Waals surface area contributed by atoms with Crippen molar-refractivity contribution in [3.05, 3.63) is 70.3 Å². The molecule has 0 fully saturated rings. The lowest BCUT2D eigenvalue weighted by molar-refractivity contribution is 1.13.